The fraction of sp³-hybridized carbons (Fsp3) is 0.556. The van der Waals surface area contributed by atoms with Crippen LogP contribution in [0.3, 0.4) is 0 Å². The molecular formula is C18H27N3O. The molecule has 0 spiro atoms. The van der Waals surface area contributed by atoms with Crippen molar-refractivity contribution >= 4 is 5.91 Å². The molecule has 120 valence electrons. The second kappa shape index (κ2) is 7.95. The van der Waals surface area contributed by atoms with E-state index in [1.54, 1.807) is 6.92 Å². The van der Waals surface area contributed by atoms with Gasteiger partial charge < -0.3 is 10.6 Å². The summed E-state index contributed by atoms with van der Waals surface area (Å²) in [7, 11) is 0. The zero-order valence-corrected chi connectivity index (χ0v) is 14.2. The summed E-state index contributed by atoms with van der Waals surface area (Å²) in [6.07, 6.45) is 0. The van der Waals surface area contributed by atoms with Crippen molar-refractivity contribution in [2.24, 2.45) is 11.8 Å². The number of hydrogen-bond acceptors (Lipinski definition) is 3. The smallest absolute Gasteiger partial charge is 0.235 e. The molecule has 0 aliphatic heterocycles. The van der Waals surface area contributed by atoms with E-state index >= 15 is 0 Å². The molecule has 2 atom stereocenters. The van der Waals surface area contributed by atoms with Crippen LogP contribution < -0.4 is 10.6 Å². The van der Waals surface area contributed by atoms with Crippen molar-refractivity contribution in [3.63, 3.8) is 0 Å². The Kier molecular flexibility index (Phi) is 6.58. The second-order valence-corrected chi connectivity index (χ2v) is 6.53. The predicted molar refractivity (Wildman–Crippen MR) is 89.0 cm³/mol. The van der Waals surface area contributed by atoms with Crippen LogP contribution in [0.5, 0.6) is 0 Å². The summed E-state index contributed by atoms with van der Waals surface area (Å²) >= 11 is 0. The first-order valence-electron chi connectivity index (χ1n) is 7.80. The van der Waals surface area contributed by atoms with Crippen molar-refractivity contribution in [2.75, 3.05) is 6.54 Å². The average molecular weight is 301 g/mol. The van der Waals surface area contributed by atoms with Crippen LogP contribution in [0, 0.1) is 23.2 Å². The molecule has 1 aromatic rings. The van der Waals surface area contributed by atoms with Gasteiger partial charge in [-0.2, -0.15) is 5.26 Å². The van der Waals surface area contributed by atoms with E-state index in [-0.39, 0.29) is 24.4 Å². The summed E-state index contributed by atoms with van der Waals surface area (Å²) in [5.74, 6) is 0.262. The van der Waals surface area contributed by atoms with Crippen molar-refractivity contribution in [1.29, 1.82) is 5.26 Å². The molecular weight excluding hydrogens is 274 g/mol. The first-order valence-corrected chi connectivity index (χ1v) is 7.80. The Morgan fingerprint density at radius 2 is 1.82 bits per heavy atom. The van der Waals surface area contributed by atoms with Crippen LogP contribution in [0.25, 0.3) is 0 Å². The minimum absolute atomic E-state index is 0.0523. The Balaban J connectivity index is 2.67. The quantitative estimate of drug-likeness (QED) is 0.813. The summed E-state index contributed by atoms with van der Waals surface area (Å²) in [5, 5.41) is 15.4. The number of carbonyl (C=O) groups is 1. The van der Waals surface area contributed by atoms with Crippen molar-refractivity contribution in [3.05, 3.63) is 35.9 Å². The molecule has 0 aliphatic rings. The summed E-state index contributed by atoms with van der Waals surface area (Å²) in [4.78, 5) is 12.2. The molecule has 0 bridgehead atoms. The van der Waals surface area contributed by atoms with Crippen molar-refractivity contribution in [3.8, 4) is 6.07 Å². The lowest BCUT2D eigenvalue weighted by molar-refractivity contribution is -0.122. The number of carbonyl (C=O) groups excluding carboxylic acids is 1. The zero-order valence-electron chi connectivity index (χ0n) is 14.2. The predicted octanol–water partition coefficient (Wildman–Crippen LogP) is 3.03. The lowest BCUT2D eigenvalue weighted by Gasteiger charge is -2.28. The molecule has 0 aliphatic carbocycles. The fourth-order valence-corrected chi connectivity index (χ4v) is 2.24. The lowest BCUT2D eigenvalue weighted by Crippen LogP contribution is -2.51. The van der Waals surface area contributed by atoms with E-state index in [1.165, 1.54) is 0 Å². The van der Waals surface area contributed by atoms with Crippen LogP contribution in [0.2, 0.25) is 0 Å². The highest BCUT2D eigenvalue weighted by Gasteiger charge is 2.30. The summed E-state index contributed by atoms with van der Waals surface area (Å²) in [5.41, 5.74) is 0.330. The Morgan fingerprint density at radius 1 is 1.23 bits per heavy atom. The third-order valence-electron chi connectivity index (χ3n) is 4.09. The van der Waals surface area contributed by atoms with E-state index in [9.17, 15) is 10.1 Å². The Bertz CT molecular complexity index is 519. The van der Waals surface area contributed by atoms with Crippen LogP contribution in [-0.2, 0) is 4.79 Å². The molecule has 22 heavy (non-hydrogen) atoms. The Hall–Kier alpha value is -1.86. The molecule has 0 saturated heterocycles. The molecule has 0 radical (unpaired) electrons. The van der Waals surface area contributed by atoms with Gasteiger partial charge in [-0.1, -0.05) is 58.0 Å². The number of nitrogens with zero attached hydrogens (tertiary/aromatic N) is 1. The fourth-order valence-electron chi connectivity index (χ4n) is 2.24. The first-order chi connectivity index (χ1) is 10.3. The standard InChI is InChI=1S/C18H27N3O/c1-13(2)17(15-9-7-6-8-10-15)20-11-16(22)21-18(5,12-19)14(3)4/h6-10,13-14,17,20H,11H2,1-5H3,(H,21,22)/t17-,18+/m0/s1. The first kappa shape index (κ1) is 18.2. The Labute approximate surface area is 133 Å². The van der Waals surface area contributed by atoms with Crippen LogP contribution in [-0.4, -0.2) is 18.0 Å². The highest BCUT2D eigenvalue weighted by Crippen LogP contribution is 2.21. The normalized spacial score (nSPS) is 15.2. The van der Waals surface area contributed by atoms with Crippen LogP contribution in [0.4, 0.5) is 0 Å². The number of amides is 1. The van der Waals surface area contributed by atoms with Crippen molar-refractivity contribution < 1.29 is 4.79 Å². The molecule has 0 heterocycles. The molecule has 1 aromatic carbocycles. The topological polar surface area (TPSA) is 64.9 Å². The third-order valence-corrected chi connectivity index (χ3v) is 4.09. The summed E-state index contributed by atoms with van der Waals surface area (Å²) in [6.45, 7) is 10.1. The van der Waals surface area contributed by atoms with Gasteiger partial charge in [0, 0.05) is 6.04 Å². The van der Waals surface area contributed by atoms with Gasteiger partial charge >= 0.3 is 0 Å². The maximum absolute atomic E-state index is 12.2. The molecule has 4 heteroatoms. The monoisotopic (exact) mass is 301 g/mol. The molecule has 1 amide bonds. The second-order valence-electron chi connectivity index (χ2n) is 6.53. The van der Waals surface area contributed by atoms with Gasteiger partial charge in [-0.15, -0.1) is 0 Å². The van der Waals surface area contributed by atoms with Gasteiger partial charge in [0.2, 0.25) is 5.91 Å². The van der Waals surface area contributed by atoms with Crippen LogP contribution >= 0.6 is 0 Å². The van der Waals surface area contributed by atoms with E-state index in [2.05, 4.69) is 42.7 Å². The van der Waals surface area contributed by atoms with Crippen LogP contribution in [0.15, 0.2) is 30.3 Å². The number of hydrogen-bond donors (Lipinski definition) is 2. The highest BCUT2D eigenvalue weighted by atomic mass is 16.2. The molecule has 0 fully saturated rings. The number of rotatable bonds is 7. The maximum Gasteiger partial charge on any atom is 0.235 e. The van der Waals surface area contributed by atoms with Gasteiger partial charge in [0.05, 0.1) is 12.6 Å². The van der Waals surface area contributed by atoms with Crippen LogP contribution in [0.1, 0.15) is 46.2 Å². The molecule has 1 rings (SSSR count). The van der Waals surface area contributed by atoms with Gasteiger partial charge in [-0.25, -0.2) is 0 Å². The lowest BCUT2D eigenvalue weighted by atomic mass is 9.90. The SMILES string of the molecule is CC(C)[C@H](NCC(=O)N[C@](C)(C#N)C(C)C)c1ccccc1. The molecule has 4 nitrogen and oxygen atoms in total. The Morgan fingerprint density at radius 3 is 2.27 bits per heavy atom. The van der Waals surface area contributed by atoms with E-state index in [0.29, 0.717) is 5.92 Å². The maximum atomic E-state index is 12.2. The minimum atomic E-state index is -0.834. The van der Waals surface area contributed by atoms with E-state index < -0.39 is 5.54 Å². The molecule has 0 saturated carbocycles. The highest BCUT2D eigenvalue weighted by molar-refractivity contribution is 5.79. The van der Waals surface area contributed by atoms with Gasteiger partial charge in [-0.05, 0) is 24.3 Å². The van der Waals surface area contributed by atoms with Gasteiger partial charge in [0.1, 0.15) is 5.54 Å². The van der Waals surface area contributed by atoms with E-state index in [4.69, 9.17) is 0 Å². The number of nitriles is 1. The van der Waals surface area contributed by atoms with Crippen molar-refractivity contribution in [2.45, 2.75) is 46.2 Å². The number of benzene rings is 1. The molecule has 0 aromatic heterocycles. The third kappa shape index (κ3) is 4.85. The molecule has 2 N–H and O–H groups in total. The van der Waals surface area contributed by atoms with Crippen molar-refractivity contribution in [1.82, 2.24) is 10.6 Å². The largest absolute Gasteiger partial charge is 0.337 e. The van der Waals surface area contributed by atoms with Gasteiger partial charge in [0.25, 0.3) is 0 Å². The van der Waals surface area contributed by atoms with E-state index in [0.717, 1.165) is 5.56 Å². The zero-order chi connectivity index (χ0) is 16.8. The molecule has 0 unspecified atom stereocenters. The summed E-state index contributed by atoms with van der Waals surface area (Å²) in [6, 6.07) is 12.4. The minimum Gasteiger partial charge on any atom is -0.337 e. The summed E-state index contributed by atoms with van der Waals surface area (Å²) < 4.78 is 0. The van der Waals surface area contributed by atoms with Gasteiger partial charge in [-0.3, -0.25) is 4.79 Å². The average Bonchev–Trinajstić information content (AvgIpc) is 2.47. The van der Waals surface area contributed by atoms with E-state index in [1.807, 2.05) is 32.0 Å². The number of nitrogens with one attached hydrogen (secondary N) is 2. The van der Waals surface area contributed by atoms with Gasteiger partial charge in [0.15, 0.2) is 0 Å².